The predicted octanol–water partition coefficient (Wildman–Crippen LogP) is 3.44. The number of nitrogens with one attached hydrogen (secondary N) is 3. The minimum absolute atomic E-state index is 0.211. The third kappa shape index (κ3) is 7.20. The standard InChI is InChI=1S/C19H28N4O3S2/c1-19(2,3)26-18(25)23-14(8-11-27-4)17(24)20-9-7-13-16(22-12-21-13)15-6-5-10-28-15/h5-6,10,12,14H,7-9,11H2,1-4H3,(H,20,24)(H,21,22)(H,23,25). The predicted molar refractivity (Wildman–Crippen MR) is 115 cm³/mol. The molecular formula is C19H28N4O3S2. The van der Waals surface area contributed by atoms with Crippen LogP contribution in [-0.4, -0.2) is 52.2 Å². The number of nitrogens with zero attached hydrogens (tertiary/aromatic N) is 1. The number of carbonyl (C=O) groups excluding carboxylic acids is 2. The Morgan fingerprint density at radius 1 is 1.39 bits per heavy atom. The van der Waals surface area contributed by atoms with Gasteiger partial charge < -0.3 is 20.4 Å². The number of aromatic amines is 1. The quantitative estimate of drug-likeness (QED) is 0.573. The SMILES string of the molecule is CSCCC(NC(=O)OC(C)(C)C)C(=O)NCCc1[nH]cnc1-c1cccs1. The van der Waals surface area contributed by atoms with Gasteiger partial charge in [0.05, 0.1) is 11.2 Å². The molecule has 0 radical (unpaired) electrons. The first-order chi connectivity index (χ1) is 13.3. The monoisotopic (exact) mass is 424 g/mol. The van der Waals surface area contributed by atoms with Crippen LogP contribution in [-0.2, 0) is 16.0 Å². The summed E-state index contributed by atoms with van der Waals surface area (Å²) in [5, 5.41) is 7.60. The zero-order valence-corrected chi connectivity index (χ0v) is 18.3. The first-order valence-corrected chi connectivity index (χ1v) is 11.4. The number of alkyl carbamates (subject to hydrolysis) is 1. The van der Waals surface area contributed by atoms with Crippen LogP contribution in [0, 0.1) is 0 Å². The fraction of sp³-hybridized carbons (Fsp3) is 0.526. The first-order valence-electron chi connectivity index (χ1n) is 9.12. The molecule has 0 saturated carbocycles. The fourth-order valence-electron chi connectivity index (χ4n) is 2.53. The van der Waals surface area contributed by atoms with Crippen molar-refractivity contribution in [1.29, 1.82) is 0 Å². The van der Waals surface area contributed by atoms with Crippen LogP contribution in [0.25, 0.3) is 10.6 Å². The van der Waals surface area contributed by atoms with Gasteiger partial charge in [0.1, 0.15) is 17.3 Å². The summed E-state index contributed by atoms with van der Waals surface area (Å²) in [5.41, 5.74) is 1.28. The molecule has 154 valence electrons. The van der Waals surface area contributed by atoms with Crippen molar-refractivity contribution < 1.29 is 14.3 Å². The Labute approximate surface area is 174 Å². The molecule has 9 heteroatoms. The lowest BCUT2D eigenvalue weighted by atomic mass is 10.2. The minimum atomic E-state index is -0.624. The fourth-order valence-corrected chi connectivity index (χ4v) is 3.75. The van der Waals surface area contributed by atoms with E-state index in [4.69, 9.17) is 4.74 Å². The Kier molecular flexibility index (Phi) is 8.37. The van der Waals surface area contributed by atoms with E-state index >= 15 is 0 Å². The lowest BCUT2D eigenvalue weighted by Crippen LogP contribution is -2.48. The first kappa shape index (κ1) is 22.3. The van der Waals surface area contributed by atoms with Crippen LogP contribution in [0.5, 0.6) is 0 Å². The summed E-state index contributed by atoms with van der Waals surface area (Å²) in [4.78, 5) is 33.2. The van der Waals surface area contributed by atoms with E-state index in [0.29, 0.717) is 19.4 Å². The smallest absolute Gasteiger partial charge is 0.408 e. The molecule has 0 aliphatic heterocycles. The maximum absolute atomic E-state index is 12.6. The number of thioether (sulfide) groups is 1. The average molecular weight is 425 g/mol. The van der Waals surface area contributed by atoms with Gasteiger partial charge in [0.15, 0.2) is 0 Å². The zero-order chi connectivity index (χ0) is 20.6. The van der Waals surface area contributed by atoms with E-state index in [1.807, 2.05) is 23.8 Å². The molecule has 2 aromatic heterocycles. The maximum atomic E-state index is 12.6. The van der Waals surface area contributed by atoms with Crippen LogP contribution < -0.4 is 10.6 Å². The maximum Gasteiger partial charge on any atom is 0.408 e. The third-order valence-corrected chi connectivity index (χ3v) is 5.29. The Hall–Kier alpha value is -2.00. The van der Waals surface area contributed by atoms with Crippen molar-refractivity contribution >= 4 is 35.1 Å². The van der Waals surface area contributed by atoms with E-state index in [-0.39, 0.29) is 5.91 Å². The van der Waals surface area contributed by atoms with Crippen LogP contribution >= 0.6 is 23.1 Å². The van der Waals surface area contributed by atoms with Crippen molar-refractivity contribution in [3.05, 3.63) is 29.5 Å². The van der Waals surface area contributed by atoms with Crippen LogP contribution in [0.2, 0.25) is 0 Å². The number of imidazole rings is 1. The Morgan fingerprint density at radius 3 is 2.82 bits per heavy atom. The molecule has 3 N–H and O–H groups in total. The van der Waals surface area contributed by atoms with Gasteiger partial charge in [-0.25, -0.2) is 9.78 Å². The van der Waals surface area contributed by atoms with E-state index < -0.39 is 17.7 Å². The molecule has 1 atom stereocenters. The van der Waals surface area contributed by atoms with Crippen molar-refractivity contribution in [3.63, 3.8) is 0 Å². The van der Waals surface area contributed by atoms with Crippen LogP contribution in [0.4, 0.5) is 4.79 Å². The van der Waals surface area contributed by atoms with E-state index in [9.17, 15) is 9.59 Å². The molecule has 0 aromatic carbocycles. The molecule has 0 fully saturated rings. The number of carbonyl (C=O) groups is 2. The summed E-state index contributed by atoms with van der Waals surface area (Å²) in [7, 11) is 0. The number of rotatable bonds is 9. The second kappa shape index (κ2) is 10.5. The number of ether oxygens (including phenoxy) is 1. The van der Waals surface area contributed by atoms with Gasteiger partial charge in [0.2, 0.25) is 5.91 Å². The van der Waals surface area contributed by atoms with Crippen molar-refractivity contribution in [2.24, 2.45) is 0 Å². The van der Waals surface area contributed by atoms with Crippen molar-refractivity contribution in [2.75, 3.05) is 18.6 Å². The molecule has 2 aromatic rings. The minimum Gasteiger partial charge on any atom is -0.444 e. The Balaban J connectivity index is 1.89. The van der Waals surface area contributed by atoms with E-state index in [1.54, 1.807) is 50.2 Å². The van der Waals surface area contributed by atoms with Crippen molar-refractivity contribution in [2.45, 2.75) is 45.3 Å². The van der Waals surface area contributed by atoms with Gasteiger partial charge >= 0.3 is 6.09 Å². The molecule has 0 aliphatic rings. The molecular weight excluding hydrogens is 396 g/mol. The number of hydrogen-bond acceptors (Lipinski definition) is 6. The van der Waals surface area contributed by atoms with Gasteiger partial charge in [-0.2, -0.15) is 11.8 Å². The molecule has 0 spiro atoms. The highest BCUT2D eigenvalue weighted by molar-refractivity contribution is 7.98. The van der Waals surface area contributed by atoms with Gasteiger partial charge in [-0.05, 0) is 50.6 Å². The van der Waals surface area contributed by atoms with Gasteiger partial charge in [-0.1, -0.05) is 6.07 Å². The van der Waals surface area contributed by atoms with Crippen LogP contribution in [0.1, 0.15) is 32.9 Å². The highest BCUT2D eigenvalue weighted by atomic mass is 32.2. The lowest BCUT2D eigenvalue weighted by molar-refractivity contribution is -0.123. The van der Waals surface area contributed by atoms with Gasteiger partial charge in [-0.3, -0.25) is 4.79 Å². The summed E-state index contributed by atoms with van der Waals surface area (Å²) < 4.78 is 5.27. The number of H-pyrrole nitrogens is 1. The molecule has 1 unspecified atom stereocenters. The lowest BCUT2D eigenvalue weighted by Gasteiger charge is -2.23. The van der Waals surface area contributed by atoms with Crippen LogP contribution in [0.3, 0.4) is 0 Å². The van der Waals surface area contributed by atoms with Crippen molar-refractivity contribution in [3.8, 4) is 10.6 Å². The second-order valence-electron chi connectivity index (χ2n) is 7.23. The summed E-state index contributed by atoms with van der Waals surface area (Å²) in [6, 6.07) is 3.38. The summed E-state index contributed by atoms with van der Waals surface area (Å²) >= 11 is 3.25. The highest BCUT2D eigenvalue weighted by Gasteiger charge is 2.24. The zero-order valence-electron chi connectivity index (χ0n) is 16.7. The second-order valence-corrected chi connectivity index (χ2v) is 9.16. The number of thiophene rings is 1. The molecule has 2 rings (SSSR count). The normalized spacial score (nSPS) is 12.4. The van der Waals surface area contributed by atoms with E-state index in [1.165, 1.54) is 0 Å². The highest BCUT2D eigenvalue weighted by Crippen LogP contribution is 2.25. The molecule has 0 bridgehead atoms. The molecule has 7 nitrogen and oxygen atoms in total. The number of amides is 2. The summed E-state index contributed by atoms with van der Waals surface area (Å²) in [6.07, 6.45) is 4.21. The molecule has 2 amide bonds. The summed E-state index contributed by atoms with van der Waals surface area (Å²) in [6.45, 7) is 5.82. The average Bonchev–Trinajstić information content (AvgIpc) is 3.27. The number of hydrogen-bond donors (Lipinski definition) is 3. The molecule has 2 heterocycles. The van der Waals surface area contributed by atoms with Gasteiger partial charge in [0, 0.05) is 18.7 Å². The third-order valence-electron chi connectivity index (χ3n) is 3.77. The molecule has 0 aliphatic carbocycles. The van der Waals surface area contributed by atoms with Crippen LogP contribution in [0.15, 0.2) is 23.8 Å². The van der Waals surface area contributed by atoms with Gasteiger partial charge in [-0.15, -0.1) is 11.3 Å². The van der Waals surface area contributed by atoms with E-state index in [0.717, 1.165) is 22.0 Å². The Morgan fingerprint density at radius 2 is 2.18 bits per heavy atom. The molecule has 0 saturated heterocycles. The topological polar surface area (TPSA) is 96.1 Å². The largest absolute Gasteiger partial charge is 0.444 e. The summed E-state index contributed by atoms with van der Waals surface area (Å²) in [5.74, 6) is 0.550. The van der Waals surface area contributed by atoms with Gasteiger partial charge in [0.25, 0.3) is 0 Å². The van der Waals surface area contributed by atoms with E-state index in [2.05, 4.69) is 20.6 Å². The number of aromatic nitrogens is 2. The Bertz CT molecular complexity index is 754. The van der Waals surface area contributed by atoms with Crippen molar-refractivity contribution in [1.82, 2.24) is 20.6 Å². The molecule has 28 heavy (non-hydrogen) atoms.